The number of hydrogen-bond acceptors (Lipinski definition) is 5. The molecule has 1 aromatic carbocycles. The highest BCUT2D eigenvalue weighted by Crippen LogP contribution is 2.21. The summed E-state index contributed by atoms with van der Waals surface area (Å²) in [6, 6.07) is 7.33. The molecule has 1 N–H and O–H groups in total. The van der Waals surface area contributed by atoms with E-state index in [9.17, 15) is 13.2 Å². The van der Waals surface area contributed by atoms with Gasteiger partial charge in [0.15, 0.2) is 6.61 Å². The van der Waals surface area contributed by atoms with Crippen LogP contribution in [-0.2, 0) is 21.4 Å². The van der Waals surface area contributed by atoms with Gasteiger partial charge in [-0.3, -0.25) is 0 Å². The van der Waals surface area contributed by atoms with Gasteiger partial charge in [0.2, 0.25) is 10.0 Å². The Kier molecular flexibility index (Phi) is 5.07. The number of carboxylic acids is 1. The van der Waals surface area contributed by atoms with Gasteiger partial charge in [-0.05, 0) is 37.3 Å². The van der Waals surface area contributed by atoms with Crippen molar-refractivity contribution in [2.24, 2.45) is 0 Å². The fourth-order valence-corrected chi connectivity index (χ4v) is 3.08. The van der Waals surface area contributed by atoms with Crippen LogP contribution < -0.4 is 4.74 Å². The molecule has 2 aromatic rings. The summed E-state index contributed by atoms with van der Waals surface area (Å²) in [4.78, 5) is 10.5. The molecular weight excluding hydrogens is 322 g/mol. The summed E-state index contributed by atoms with van der Waals surface area (Å²) in [5.74, 6) is -0.138. The minimum Gasteiger partial charge on any atom is -0.482 e. The molecule has 0 spiro atoms. The molecule has 0 atom stereocenters. The fraction of sp³-hybridized carbons (Fsp3) is 0.267. The second-order valence-electron chi connectivity index (χ2n) is 4.92. The van der Waals surface area contributed by atoms with Crippen LogP contribution in [0.2, 0.25) is 0 Å². The maximum absolute atomic E-state index is 12.5. The molecule has 0 amide bonds. The van der Waals surface area contributed by atoms with Crippen molar-refractivity contribution < 1.29 is 27.5 Å². The zero-order chi connectivity index (χ0) is 17.0. The normalized spacial score (nSPS) is 11.6. The molecule has 0 aliphatic rings. The minimum atomic E-state index is -3.66. The van der Waals surface area contributed by atoms with E-state index in [4.69, 9.17) is 14.3 Å². The lowest BCUT2D eigenvalue weighted by Crippen LogP contribution is -2.26. The summed E-state index contributed by atoms with van der Waals surface area (Å²) in [5.41, 5.74) is 0.789. The number of furan rings is 1. The van der Waals surface area contributed by atoms with E-state index in [1.807, 2.05) is 0 Å². The highest BCUT2D eigenvalue weighted by atomic mass is 32.2. The van der Waals surface area contributed by atoms with Crippen LogP contribution in [0.5, 0.6) is 5.75 Å². The van der Waals surface area contributed by atoms with Crippen molar-refractivity contribution >= 4 is 16.0 Å². The van der Waals surface area contributed by atoms with E-state index in [1.165, 1.54) is 41.9 Å². The molecule has 1 heterocycles. The average Bonchev–Trinajstić information content (AvgIpc) is 2.90. The Labute approximate surface area is 134 Å². The van der Waals surface area contributed by atoms with Gasteiger partial charge in [-0.25, -0.2) is 13.2 Å². The summed E-state index contributed by atoms with van der Waals surface area (Å²) in [5, 5.41) is 8.54. The van der Waals surface area contributed by atoms with E-state index in [2.05, 4.69) is 0 Å². The molecule has 7 nitrogen and oxygen atoms in total. The van der Waals surface area contributed by atoms with Crippen LogP contribution in [0, 0.1) is 6.92 Å². The van der Waals surface area contributed by atoms with E-state index in [0.29, 0.717) is 11.5 Å². The Bertz CT molecular complexity index is 779. The number of carboxylic acid groups (broad SMARTS) is 1. The predicted octanol–water partition coefficient (Wildman–Crippen LogP) is 1.87. The Morgan fingerprint density at radius 1 is 1.26 bits per heavy atom. The molecule has 8 heteroatoms. The van der Waals surface area contributed by atoms with Crippen LogP contribution in [-0.4, -0.2) is 37.5 Å². The zero-order valence-electron chi connectivity index (χ0n) is 12.7. The van der Waals surface area contributed by atoms with Crippen molar-refractivity contribution in [3.8, 4) is 5.75 Å². The third-order valence-electron chi connectivity index (χ3n) is 3.25. The second kappa shape index (κ2) is 6.84. The Morgan fingerprint density at radius 2 is 1.91 bits per heavy atom. The lowest BCUT2D eigenvalue weighted by Gasteiger charge is -2.17. The Morgan fingerprint density at radius 3 is 2.43 bits per heavy atom. The van der Waals surface area contributed by atoms with E-state index in [1.54, 1.807) is 13.0 Å². The van der Waals surface area contributed by atoms with Crippen LogP contribution in [0.3, 0.4) is 0 Å². The van der Waals surface area contributed by atoms with Crippen LogP contribution >= 0.6 is 0 Å². The third kappa shape index (κ3) is 4.11. The molecule has 0 bridgehead atoms. The number of nitrogens with zero attached hydrogens (tertiary/aromatic N) is 1. The number of aliphatic carboxylic acids is 1. The molecular formula is C15H17NO6S. The van der Waals surface area contributed by atoms with Gasteiger partial charge in [0.05, 0.1) is 11.2 Å². The zero-order valence-corrected chi connectivity index (χ0v) is 13.5. The summed E-state index contributed by atoms with van der Waals surface area (Å²) in [7, 11) is -2.18. The smallest absolute Gasteiger partial charge is 0.341 e. The standard InChI is InChI=1S/C15H17NO6S/c1-11-12(7-8-21-11)9-16(2)23(19,20)14-5-3-13(4-6-14)22-10-15(17)18/h3-8H,9-10H2,1-2H3,(H,17,18). The summed E-state index contributed by atoms with van der Waals surface area (Å²) in [6.45, 7) is 1.48. The number of rotatable bonds is 7. The number of ether oxygens (including phenoxy) is 1. The Hall–Kier alpha value is -2.32. The molecule has 2 rings (SSSR count). The quantitative estimate of drug-likeness (QED) is 0.827. The lowest BCUT2D eigenvalue weighted by molar-refractivity contribution is -0.139. The topological polar surface area (TPSA) is 97.0 Å². The molecule has 0 aliphatic carbocycles. The Balaban J connectivity index is 2.12. The van der Waals surface area contributed by atoms with E-state index >= 15 is 0 Å². The molecule has 0 saturated carbocycles. The maximum Gasteiger partial charge on any atom is 0.341 e. The molecule has 0 unspecified atom stereocenters. The highest BCUT2D eigenvalue weighted by Gasteiger charge is 2.22. The first-order chi connectivity index (χ1) is 10.8. The van der Waals surface area contributed by atoms with Gasteiger partial charge >= 0.3 is 5.97 Å². The average molecular weight is 339 g/mol. The number of carbonyl (C=O) groups is 1. The van der Waals surface area contributed by atoms with E-state index < -0.39 is 22.6 Å². The molecule has 124 valence electrons. The summed E-state index contributed by atoms with van der Waals surface area (Å²) >= 11 is 0. The monoisotopic (exact) mass is 339 g/mol. The van der Waals surface area contributed by atoms with Crippen LogP contribution in [0.15, 0.2) is 45.9 Å². The molecule has 1 aromatic heterocycles. The number of benzene rings is 1. The minimum absolute atomic E-state index is 0.101. The largest absolute Gasteiger partial charge is 0.482 e. The first kappa shape index (κ1) is 17.0. The van der Waals surface area contributed by atoms with E-state index in [-0.39, 0.29) is 11.4 Å². The van der Waals surface area contributed by atoms with E-state index in [0.717, 1.165) is 5.56 Å². The van der Waals surface area contributed by atoms with Crippen molar-refractivity contribution in [1.29, 1.82) is 0 Å². The highest BCUT2D eigenvalue weighted by molar-refractivity contribution is 7.89. The van der Waals surface area contributed by atoms with Crippen molar-refractivity contribution in [2.45, 2.75) is 18.4 Å². The van der Waals surface area contributed by atoms with Gasteiger partial charge in [-0.1, -0.05) is 0 Å². The van der Waals surface area contributed by atoms with Gasteiger partial charge in [0.25, 0.3) is 0 Å². The van der Waals surface area contributed by atoms with Gasteiger partial charge in [-0.2, -0.15) is 4.31 Å². The molecule has 0 aliphatic heterocycles. The van der Waals surface area contributed by atoms with Crippen LogP contribution in [0.1, 0.15) is 11.3 Å². The SMILES string of the molecule is Cc1occc1CN(C)S(=O)(=O)c1ccc(OCC(=O)O)cc1. The van der Waals surface area contributed by atoms with Gasteiger partial charge in [-0.15, -0.1) is 0 Å². The van der Waals surface area contributed by atoms with Crippen LogP contribution in [0.25, 0.3) is 0 Å². The number of aryl methyl sites for hydroxylation is 1. The molecule has 0 fully saturated rings. The van der Waals surface area contributed by atoms with Crippen molar-refractivity contribution in [2.75, 3.05) is 13.7 Å². The number of sulfonamides is 1. The fourth-order valence-electron chi connectivity index (χ4n) is 1.93. The molecule has 0 radical (unpaired) electrons. The van der Waals surface area contributed by atoms with Crippen LogP contribution in [0.4, 0.5) is 0 Å². The molecule has 23 heavy (non-hydrogen) atoms. The van der Waals surface area contributed by atoms with Crippen molar-refractivity contribution in [3.63, 3.8) is 0 Å². The second-order valence-corrected chi connectivity index (χ2v) is 6.96. The molecule has 0 saturated heterocycles. The van der Waals surface area contributed by atoms with Gasteiger partial charge in [0, 0.05) is 19.2 Å². The predicted molar refractivity (Wildman–Crippen MR) is 81.7 cm³/mol. The third-order valence-corrected chi connectivity index (χ3v) is 5.07. The van der Waals surface area contributed by atoms with Gasteiger partial charge in [0.1, 0.15) is 11.5 Å². The van der Waals surface area contributed by atoms with Crippen molar-refractivity contribution in [1.82, 2.24) is 4.31 Å². The summed E-state index contributed by atoms with van der Waals surface area (Å²) in [6.07, 6.45) is 1.51. The summed E-state index contributed by atoms with van der Waals surface area (Å²) < 4.78 is 36.4. The van der Waals surface area contributed by atoms with Crippen molar-refractivity contribution in [3.05, 3.63) is 47.9 Å². The van der Waals surface area contributed by atoms with Gasteiger partial charge < -0.3 is 14.3 Å². The first-order valence-corrected chi connectivity index (χ1v) is 8.18. The first-order valence-electron chi connectivity index (χ1n) is 6.74. The maximum atomic E-state index is 12.5. The number of hydrogen-bond donors (Lipinski definition) is 1. The lowest BCUT2D eigenvalue weighted by atomic mass is 10.3.